The molecule has 0 aliphatic carbocycles. The zero-order valence-corrected chi connectivity index (χ0v) is 16.1. The molecule has 0 atom stereocenters. The van der Waals surface area contributed by atoms with Crippen molar-refractivity contribution in [2.75, 3.05) is 18.4 Å². The van der Waals surface area contributed by atoms with Gasteiger partial charge in [-0.25, -0.2) is 14.4 Å². The second-order valence-electron chi connectivity index (χ2n) is 7.21. The Morgan fingerprint density at radius 1 is 1.03 bits per heavy atom. The molecule has 1 aliphatic rings. The zero-order valence-electron chi connectivity index (χ0n) is 16.1. The van der Waals surface area contributed by atoms with Crippen molar-refractivity contribution in [1.82, 2.24) is 14.9 Å². The number of hydrogen-bond donors (Lipinski definition) is 1. The number of halogens is 1. The first-order chi connectivity index (χ1) is 14.2. The van der Waals surface area contributed by atoms with Crippen molar-refractivity contribution in [2.45, 2.75) is 25.3 Å². The Labute approximate surface area is 169 Å². The van der Waals surface area contributed by atoms with Crippen LogP contribution in [0.15, 0.2) is 66.9 Å². The van der Waals surface area contributed by atoms with Crippen LogP contribution in [0.4, 0.5) is 10.2 Å². The van der Waals surface area contributed by atoms with Gasteiger partial charge in [-0.2, -0.15) is 0 Å². The van der Waals surface area contributed by atoms with Crippen molar-refractivity contribution in [2.24, 2.45) is 0 Å². The summed E-state index contributed by atoms with van der Waals surface area (Å²) in [4.78, 5) is 23.3. The van der Waals surface area contributed by atoms with Crippen LogP contribution in [0.2, 0.25) is 0 Å². The minimum atomic E-state index is -0.468. The molecule has 29 heavy (non-hydrogen) atoms. The van der Waals surface area contributed by atoms with Crippen molar-refractivity contribution in [3.05, 3.63) is 89.6 Å². The number of hydrogen-bond acceptors (Lipinski definition) is 4. The van der Waals surface area contributed by atoms with E-state index < -0.39 is 5.82 Å². The van der Waals surface area contributed by atoms with E-state index in [0.717, 1.165) is 24.5 Å². The summed E-state index contributed by atoms with van der Waals surface area (Å²) in [6.07, 6.45) is 4.03. The Balaban J connectivity index is 1.33. The van der Waals surface area contributed by atoms with E-state index >= 15 is 0 Å². The van der Waals surface area contributed by atoms with Crippen LogP contribution in [0.5, 0.6) is 0 Å². The molecule has 1 fully saturated rings. The van der Waals surface area contributed by atoms with Crippen molar-refractivity contribution >= 4 is 11.7 Å². The second-order valence-corrected chi connectivity index (χ2v) is 7.21. The van der Waals surface area contributed by atoms with Crippen LogP contribution < -0.4 is 5.32 Å². The maximum atomic E-state index is 13.9. The maximum Gasteiger partial charge on any atom is 0.256 e. The van der Waals surface area contributed by atoms with Crippen LogP contribution in [0.1, 0.15) is 34.6 Å². The minimum Gasteiger partial charge on any atom is -0.367 e. The van der Waals surface area contributed by atoms with Crippen molar-refractivity contribution in [1.29, 1.82) is 0 Å². The number of benzene rings is 2. The summed E-state index contributed by atoms with van der Waals surface area (Å²) in [7, 11) is 0. The molecule has 0 bridgehead atoms. The van der Waals surface area contributed by atoms with E-state index in [4.69, 9.17) is 0 Å². The van der Waals surface area contributed by atoms with Crippen LogP contribution >= 0.6 is 0 Å². The average molecular weight is 390 g/mol. The number of carbonyl (C=O) groups is 1. The number of piperidine rings is 1. The van der Waals surface area contributed by atoms with Gasteiger partial charge in [0.15, 0.2) is 0 Å². The summed E-state index contributed by atoms with van der Waals surface area (Å²) >= 11 is 0. The quantitative estimate of drug-likeness (QED) is 0.717. The number of rotatable bonds is 5. The molecule has 1 aromatic heterocycles. The highest BCUT2D eigenvalue weighted by molar-refractivity contribution is 5.94. The molecule has 1 N–H and O–H groups in total. The molecular formula is C23H23FN4O. The second kappa shape index (κ2) is 8.82. The van der Waals surface area contributed by atoms with Crippen LogP contribution in [-0.4, -0.2) is 39.9 Å². The number of amides is 1. The molecule has 1 aliphatic heterocycles. The van der Waals surface area contributed by atoms with E-state index in [2.05, 4.69) is 27.4 Å². The highest BCUT2D eigenvalue weighted by Gasteiger charge is 2.25. The zero-order chi connectivity index (χ0) is 20.1. The first-order valence-corrected chi connectivity index (χ1v) is 9.85. The van der Waals surface area contributed by atoms with Crippen molar-refractivity contribution in [3.63, 3.8) is 0 Å². The van der Waals surface area contributed by atoms with Gasteiger partial charge in [0.1, 0.15) is 17.5 Å². The molecule has 148 valence electrons. The van der Waals surface area contributed by atoms with Crippen LogP contribution in [-0.2, 0) is 6.42 Å². The lowest BCUT2D eigenvalue weighted by atomic mass is 10.0. The number of aromatic nitrogens is 2. The summed E-state index contributed by atoms with van der Waals surface area (Å²) in [6, 6.07) is 18.4. The first kappa shape index (κ1) is 19.1. The molecule has 6 heteroatoms. The molecule has 4 rings (SSSR count). The van der Waals surface area contributed by atoms with E-state index in [-0.39, 0.29) is 17.5 Å². The van der Waals surface area contributed by atoms with E-state index in [9.17, 15) is 9.18 Å². The lowest BCUT2D eigenvalue weighted by Crippen LogP contribution is -2.42. The van der Waals surface area contributed by atoms with Crippen molar-refractivity contribution < 1.29 is 9.18 Å². The largest absolute Gasteiger partial charge is 0.367 e. The van der Waals surface area contributed by atoms with Gasteiger partial charge in [-0.05, 0) is 36.6 Å². The van der Waals surface area contributed by atoms with Gasteiger partial charge in [-0.3, -0.25) is 4.79 Å². The van der Waals surface area contributed by atoms with Gasteiger partial charge in [0.05, 0.1) is 5.56 Å². The standard InChI is InChI=1S/C23H23FN4O/c24-20-9-5-4-8-19(20)23(29)28-14-11-18(12-15-28)26-21-10-13-25-22(27-21)16-17-6-2-1-3-7-17/h1-10,13,18H,11-12,14-16H2,(H,25,26,27). The summed E-state index contributed by atoms with van der Waals surface area (Å²) in [6.45, 7) is 1.18. The van der Waals surface area contributed by atoms with E-state index in [1.54, 1.807) is 23.2 Å². The molecule has 0 unspecified atom stereocenters. The van der Waals surface area contributed by atoms with Gasteiger partial charge in [-0.1, -0.05) is 42.5 Å². The average Bonchev–Trinajstić information content (AvgIpc) is 2.75. The summed E-state index contributed by atoms with van der Waals surface area (Å²) < 4.78 is 13.9. The van der Waals surface area contributed by atoms with Gasteiger partial charge in [0.25, 0.3) is 5.91 Å². The molecule has 0 radical (unpaired) electrons. The maximum absolute atomic E-state index is 13.9. The predicted octanol–water partition coefficient (Wildman–Crippen LogP) is 3.92. The summed E-state index contributed by atoms with van der Waals surface area (Å²) in [5.74, 6) is 0.858. The Morgan fingerprint density at radius 2 is 1.76 bits per heavy atom. The van der Waals surface area contributed by atoms with E-state index in [1.165, 1.54) is 17.7 Å². The Morgan fingerprint density at radius 3 is 2.52 bits per heavy atom. The van der Waals surface area contributed by atoms with Gasteiger partial charge < -0.3 is 10.2 Å². The normalized spacial score (nSPS) is 14.6. The topological polar surface area (TPSA) is 58.1 Å². The monoisotopic (exact) mass is 390 g/mol. The molecule has 3 aromatic rings. The number of anilines is 1. The predicted molar refractivity (Wildman–Crippen MR) is 110 cm³/mol. The SMILES string of the molecule is O=C(c1ccccc1F)N1CCC(Nc2ccnc(Cc3ccccc3)n2)CC1. The fourth-order valence-corrected chi connectivity index (χ4v) is 3.58. The molecule has 2 aromatic carbocycles. The fraction of sp³-hybridized carbons (Fsp3) is 0.261. The number of nitrogens with zero attached hydrogens (tertiary/aromatic N) is 3. The molecule has 2 heterocycles. The van der Waals surface area contributed by atoms with Crippen LogP contribution in [0.25, 0.3) is 0 Å². The van der Waals surface area contributed by atoms with Gasteiger partial charge >= 0.3 is 0 Å². The van der Waals surface area contributed by atoms with Gasteiger partial charge in [0, 0.05) is 31.7 Å². The molecule has 5 nitrogen and oxygen atoms in total. The fourth-order valence-electron chi connectivity index (χ4n) is 3.58. The van der Waals surface area contributed by atoms with Gasteiger partial charge in [-0.15, -0.1) is 0 Å². The summed E-state index contributed by atoms with van der Waals surface area (Å²) in [5, 5.41) is 3.45. The molecule has 1 saturated heterocycles. The van der Waals surface area contributed by atoms with E-state index in [1.807, 2.05) is 24.3 Å². The third-order valence-corrected chi connectivity index (χ3v) is 5.15. The van der Waals surface area contributed by atoms with Gasteiger partial charge in [0.2, 0.25) is 0 Å². The van der Waals surface area contributed by atoms with E-state index in [0.29, 0.717) is 19.5 Å². The van der Waals surface area contributed by atoms with Crippen LogP contribution in [0.3, 0.4) is 0 Å². The molecule has 0 saturated carbocycles. The third kappa shape index (κ3) is 4.77. The molecule has 1 amide bonds. The Hall–Kier alpha value is -3.28. The number of carbonyl (C=O) groups excluding carboxylic acids is 1. The molecule has 0 spiro atoms. The number of nitrogens with one attached hydrogen (secondary N) is 1. The van der Waals surface area contributed by atoms with Crippen LogP contribution in [0, 0.1) is 5.82 Å². The lowest BCUT2D eigenvalue weighted by molar-refractivity contribution is 0.0713. The summed E-state index contributed by atoms with van der Waals surface area (Å²) in [5.41, 5.74) is 1.31. The Bertz CT molecular complexity index is 971. The highest BCUT2D eigenvalue weighted by atomic mass is 19.1. The third-order valence-electron chi connectivity index (χ3n) is 5.15. The van der Waals surface area contributed by atoms with Crippen molar-refractivity contribution in [3.8, 4) is 0 Å². The minimum absolute atomic E-state index is 0.139. The highest BCUT2D eigenvalue weighted by Crippen LogP contribution is 2.19. The first-order valence-electron chi connectivity index (χ1n) is 9.85. The smallest absolute Gasteiger partial charge is 0.256 e. The molecular weight excluding hydrogens is 367 g/mol. The lowest BCUT2D eigenvalue weighted by Gasteiger charge is -2.32. The Kier molecular flexibility index (Phi) is 5.79. The number of likely N-dealkylation sites (tertiary alicyclic amines) is 1.